The lowest BCUT2D eigenvalue weighted by atomic mass is 9.82. The zero-order valence-corrected chi connectivity index (χ0v) is 23.4. The summed E-state index contributed by atoms with van der Waals surface area (Å²) >= 11 is 0. The number of carboxylic acid groups (broad SMARTS) is 1. The summed E-state index contributed by atoms with van der Waals surface area (Å²) in [6.07, 6.45) is 14.0. The maximum absolute atomic E-state index is 12.2. The molecule has 1 saturated carbocycles. The average Bonchev–Trinajstić information content (AvgIpc) is 3.56. The Balaban J connectivity index is 1.84. The molecular formula is C30H43N5O3. The smallest absolute Gasteiger partial charge is 0.335 e. The highest BCUT2D eigenvalue weighted by Gasteiger charge is 2.28. The Hall–Kier alpha value is -3.29. The molecular weight excluding hydrogens is 478 g/mol. The van der Waals surface area contributed by atoms with Crippen molar-refractivity contribution in [2.24, 2.45) is 16.8 Å². The van der Waals surface area contributed by atoms with Crippen LogP contribution in [0.3, 0.4) is 0 Å². The molecule has 0 aliphatic heterocycles. The quantitative estimate of drug-likeness (QED) is 0.121. The number of unbranched alkanes of at least 4 members (excludes halogenated alkanes) is 1. The molecule has 1 fully saturated rings. The van der Waals surface area contributed by atoms with Crippen molar-refractivity contribution in [2.45, 2.75) is 98.3 Å². The van der Waals surface area contributed by atoms with E-state index in [0.29, 0.717) is 23.9 Å². The van der Waals surface area contributed by atoms with E-state index in [-0.39, 0.29) is 23.7 Å². The Labute approximate surface area is 226 Å². The van der Waals surface area contributed by atoms with E-state index in [1.807, 2.05) is 19.9 Å². The minimum absolute atomic E-state index is 0.0379. The largest absolute Gasteiger partial charge is 0.512 e. The van der Waals surface area contributed by atoms with Crippen molar-refractivity contribution in [1.82, 2.24) is 19.6 Å². The third-order valence-electron chi connectivity index (χ3n) is 7.54. The third-order valence-corrected chi connectivity index (χ3v) is 7.54. The van der Waals surface area contributed by atoms with Crippen LogP contribution in [0.15, 0.2) is 45.8 Å². The molecule has 0 saturated heterocycles. The van der Waals surface area contributed by atoms with Crippen LogP contribution in [0.5, 0.6) is 0 Å². The van der Waals surface area contributed by atoms with Gasteiger partial charge in [-0.15, -0.1) is 5.10 Å². The van der Waals surface area contributed by atoms with Gasteiger partial charge in [0.2, 0.25) is 0 Å². The number of carbonyl (C=O) groups is 1. The normalized spacial score (nSPS) is 16.6. The fraction of sp³-hybridized carbons (Fsp3) is 0.567. The molecule has 1 aliphatic rings. The Kier molecular flexibility index (Phi) is 10.8. The van der Waals surface area contributed by atoms with Crippen LogP contribution in [-0.4, -0.2) is 42.5 Å². The van der Waals surface area contributed by atoms with E-state index >= 15 is 0 Å². The second-order valence-corrected chi connectivity index (χ2v) is 10.4. The van der Waals surface area contributed by atoms with Crippen molar-refractivity contribution in [3.05, 3.63) is 58.0 Å². The number of aliphatic carboxylic acids is 1. The number of aliphatic imine (C=N–C) groups is 1. The van der Waals surface area contributed by atoms with Crippen LogP contribution in [0.2, 0.25) is 0 Å². The van der Waals surface area contributed by atoms with Crippen LogP contribution in [0.1, 0.15) is 95.3 Å². The molecule has 0 bridgehead atoms. The van der Waals surface area contributed by atoms with Crippen LogP contribution in [-0.2, 0) is 11.2 Å². The number of fused-ring (bicyclic) bond motifs is 1. The van der Waals surface area contributed by atoms with Gasteiger partial charge >= 0.3 is 5.97 Å². The van der Waals surface area contributed by atoms with Crippen LogP contribution in [0, 0.1) is 25.7 Å². The zero-order valence-electron chi connectivity index (χ0n) is 23.4. The predicted molar refractivity (Wildman–Crippen MR) is 151 cm³/mol. The van der Waals surface area contributed by atoms with E-state index in [2.05, 4.69) is 52.8 Å². The highest BCUT2D eigenvalue weighted by molar-refractivity contribution is 5.87. The highest BCUT2D eigenvalue weighted by atomic mass is 16.4. The standard InChI is InChI=1S/C30H43N5O3/c1-6-8-11-22(17-25(7-2)31-5)14-15-24(23-12-9-10-13-23)18-27(36)26(29(37)38)19-28-33-30-32-20(3)16-21(4)35(30)34-28/h11,16-17,23-24,36H,5-10,12-15,18-19H2,1-4H3,(H,37,38)/b22-11-,25-17-,27-26+. The number of carboxylic acids is 1. The fourth-order valence-electron chi connectivity index (χ4n) is 5.44. The molecule has 0 amide bonds. The van der Waals surface area contributed by atoms with E-state index < -0.39 is 5.97 Å². The molecule has 2 N–H and O–H groups in total. The number of hydrogen-bond donors (Lipinski definition) is 2. The van der Waals surface area contributed by atoms with E-state index in [1.165, 1.54) is 18.4 Å². The van der Waals surface area contributed by atoms with Gasteiger partial charge in [-0.3, -0.25) is 4.99 Å². The molecule has 0 radical (unpaired) electrons. The van der Waals surface area contributed by atoms with Gasteiger partial charge in [0.05, 0.1) is 5.57 Å². The highest BCUT2D eigenvalue weighted by Crippen LogP contribution is 2.38. The summed E-state index contributed by atoms with van der Waals surface area (Å²) in [5, 5.41) is 25.6. The molecule has 2 heterocycles. The van der Waals surface area contributed by atoms with Gasteiger partial charge in [-0.25, -0.2) is 14.3 Å². The van der Waals surface area contributed by atoms with Gasteiger partial charge in [0, 0.05) is 29.9 Å². The maximum atomic E-state index is 12.2. The van der Waals surface area contributed by atoms with Gasteiger partial charge in [-0.05, 0) is 70.2 Å². The minimum atomic E-state index is -1.14. The summed E-state index contributed by atoms with van der Waals surface area (Å²) in [5.74, 6) is 0.258. The first-order chi connectivity index (χ1) is 18.2. The summed E-state index contributed by atoms with van der Waals surface area (Å²) in [6, 6.07) is 1.90. The summed E-state index contributed by atoms with van der Waals surface area (Å²) in [6.45, 7) is 11.7. The van der Waals surface area contributed by atoms with E-state index in [0.717, 1.165) is 62.0 Å². The lowest BCUT2D eigenvalue weighted by Gasteiger charge is -2.24. The topological polar surface area (TPSA) is 113 Å². The summed E-state index contributed by atoms with van der Waals surface area (Å²) in [7, 11) is 0. The molecule has 206 valence electrons. The van der Waals surface area contributed by atoms with Crippen LogP contribution in [0.25, 0.3) is 5.78 Å². The number of nitrogens with zero attached hydrogens (tertiary/aromatic N) is 5. The number of rotatable bonds is 14. The first kappa shape index (κ1) is 29.3. The Bertz CT molecular complexity index is 1220. The van der Waals surface area contributed by atoms with Crippen LogP contribution in [0.4, 0.5) is 0 Å². The molecule has 1 aliphatic carbocycles. The van der Waals surface area contributed by atoms with Crippen molar-refractivity contribution in [2.75, 3.05) is 0 Å². The summed E-state index contributed by atoms with van der Waals surface area (Å²) < 4.78 is 1.61. The molecule has 8 nitrogen and oxygen atoms in total. The van der Waals surface area contributed by atoms with Gasteiger partial charge in [0.1, 0.15) is 5.76 Å². The molecule has 2 aromatic rings. The van der Waals surface area contributed by atoms with Crippen molar-refractivity contribution in [1.29, 1.82) is 0 Å². The first-order valence-electron chi connectivity index (χ1n) is 14.0. The first-order valence-corrected chi connectivity index (χ1v) is 14.0. The molecule has 8 heteroatoms. The lowest BCUT2D eigenvalue weighted by molar-refractivity contribution is -0.133. The van der Waals surface area contributed by atoms with Gasteiger partial charge in [-0.2, -0.15) is 4.98 Å². The minimum Gasteiger partial charge on any atom is -0.512 e. The van der Waals surface area contributed by atoms with Crippen molar-refractivity contribution in [3.63, 3.8) is 0 Å². The monoisotopic (exact) mass is 521 g/mol. The molecule has 1 unspecified atom stereocenters. The number of aliphatic hydroxyl groups is 1. The van der Waals surface area contributed by atoms with E-state index in [9.17, 15) is 15.0 Å². The SMILES string of the molecule is C=N/C(=C\C(=C/CCC)CCC(C/C(O)=C(/Cc1nc2nc(C)cc(C)n2n1)C(=O)O)C1CCCC1)CC. The second kappa shape index (κ2) is 14.0. The summed E-state index contributed by atoms with van der Waals surface area (Å²) in [4.78, 5) is 25.2. The third kappa shape index (κ3) is 7.85. The number of aliphatic hydroxyl groups excluding tert-OH is 1. The average molecular weight is 522 g/mol. The van der Waals surface area contributed by atoms with Gasteiger partial charge in [0.25, 0.3) is 5.78 Å². The molecule has 3 rings (SSSR count). The maximum Gasteiger partial charge on any atom is 0.335 e. The van der Waals surface area contributed by atoms with Crippen molar-refractivity contribution >= 4 is 18.5 Å². The number of allylic oxidation sites excluding steroid dienone is 5. The molecule has 38 heavy (non-hydrogen) atoms. The molecule has 2 aromatic heterocycles. The lowest BCUT2D eigenvalue weighted by Crippen LogP contribution is -2.16. The van der Waals surface area contributed by atoms with E-state index in [1.54, 1.807) is 4.52 Å². The van der Waals surface area contributed by atoms with Crippen LogP contribution >= 0.6 is 0 Å². The van der Waals surface area contributed by atoms with Crippen molar-refractivity contribution < 1.29 is 15.0 Å². The number of hydrogen-bond acceptors (Lipinski definition) is 6. The fourth-order valence-corrected chi connectivity index (χ4v) is 5.44. The van der Waals surface area contributed by atoms with Crippen molar-refractivity contribution in [3.8, 4) is 0 Å². The molecule has 0 spiro atoms. The van der Waals surface area contributed by atoms with Gasteiger partial charge < -0.3 is 10.2 Å². The Morgan fingerprint density at radius 2 is 1.97 bits per heavy atom. The molecule has 0 aromatic carbocycles. The van der Waals surface area contributed by atoms with E-state index in [4.69, 9.17) is 0 Å². The number of aromatic nitrogens is 4. The zero-order chi connectivity index (χ0) is 27.7. The van der Waals surface area contributed by atoms with Gasteiger partial charge in [-0.1, -0.05) is 57.6 Å². The Morgan fingerprint density at radius 1 is 1.24 bits per heavy atom. The second-order valence-electron chi connectivity index (χ2n) is 10.4. The predicted octanol–water partition coefficient (Wildman–Crippen LogP) is 6.88. The van der Waals surface area contributed by atoms with Crippen LogP contribution < -0.4 is 0 Å². The Morgan fingerprint density at radius 3 is 2.61 bits per heavy atom. The molecule has 1 atom stereocenters. The summed E-state index contributed by atoms with van der Waals surface area (Å²) in [5.41, 5.74) is 3.87. The van der Waals surface area contributed by atoms with Gasteiger partial charge in [0.15, 0.2) is 5.82 Å². The number of aryl methyl sites for hydroxylation is 2.